The standard InChI is InChI=1S/C23H25ClFN3O2S/c1-14(28(2)3)21-23(31-5)26-19-13-20(30-11-10-29-4)18(25)12-16(19)22(27-21)15-8-6-7-9-17(15)24/h6-9,12-13H,10-11H2,1-5H3/b21-14-. The summed E-state index contributed by atoms with van der Waals surface area (Å²) in [6, 6.07) is 10.4. The summed E-state index contributed by atoms with van der Waals surface area (Å²) in [4.78, 5) is 11.8. The van der Waals surface area contributed by atoms with Crippen molar-refractivity contribution in [3.8, 4) is 5.75 Å². The number of ether oxygens (including phenoxy) is 2. The van der Waals surface area contributed by atoms with Crippen molar-refractivity contribution in [3.05, 3.63) is 69.8 Å². The van der Waals surface area contributed by atoms with Crippen LogP contribution in [0.15, 0.2) is 57.8 Å². The molecule has 0 radical (unpaired) electrons. The number of aliphatic imine (C=N–C) groups is 2. The van der Waals surface area contributed by atoms with Crippen LogP contribution < -0.4 is 4.74 Å². The predicted octanol–water partition coefficient (Wildman–Crippen LogP) is 5.54. The van der Waals surface area contributed by atoms with Crippen molar-refractivity contribution >= 4 is 39.8 Å². The molecule has 2 aromatic carbocycles. The zero-order valence-corrected chi connectivity index (χ0v) is 19.8. The van der Waals surface area contributed by atoms with Crippen molar-refractivity contribution in [2.24, 2.45) is 9.98 Å². The molecular weight excluding hydrogens is 437 g/mol. The van der Waals surface area contributed by atoms with Gasteiger partial charge in [-0.15, -0.1) is 11.8 Å². The van der Waals surface area contributed by atoms with Crippen molar-refractivity contribution in [2.75, 3.05) is 40.7 Å². The predicted molar refractivity (Wildman–Crippen MR) is 128 cm³/mol. The van der Waals surface area contributed by atoms with E-state index < -0.39 is 5.82 Å². The van der Waals surface area contributed by atoms with Gasteiger partial charge in [-0.05, 0) is 25.3 Å². The Bertz CT molecular complexity index is 1070. The molecule has 31 heavy (non-hydrogen) atoms. The second-order valence-corrected chi connectivity index (χ2v) is 8.23. The topological polar surface area (TPSA) is 46.4 Å². The van der Waals surface area contributed by atoms with Gasteiger partial charge in [-0.25, -0.2) is 14.4 Å². The van der Waals surface area contributed by atoms with Gasteiger partial charge in [0, 0.05) is 49.1 Å². The minimum absolute atomic E-state index is 0.121. The van der Waals surface area contributed by atoms with E-state index in [1.54, 1.807) is 19.2 Å². The molecule has 8 heteroatoms. The molecular formula is C23H25ClFN3O2S. The molecule has 0 atom stereocenters. The summed E-state index contributed by atoms with van der Waals surface area (Å²) in [6.07, 6.45) is 1.94. The van der Waals surface area contributed by atoms with Crippen LogP contribution in [0.3, 0.4) is 0 Å². The van der Waals surface area contributed by atoms with E-state index in [1.807, 2.05) is 50.4 Å². The fraction of sp³-hybridized carbons (Fsp3) is 0.304. The van der Waals surface area contributed by atoms with E-state index in [0.717, 1.165) is 10.7 Å². The lowest BCUT2D eigenvalue weighted by Crippen LogP contribution is -2.14. The molecule has 0 aliphatic carbocycles. The molecule has 0 aromatic heterocycles. The third-order valence-electron chi connectivity index (χ3n) is 4.83. The molecule has 2 aromatic rings. The molecule has 1 aliphatic heterocycles. The fourth-order valence-electron chi connectivity index (χ4n) is 3.00. The van der Waals surface area contributed by atoms with Crippen LogP contribution in [0.4, 0.5) is 10.1 Å². The highest BCUT2D eigenvalue weighted by Crippen LogP contribution is 2.37. The number of benzene rings is 2. The van der Waals surface area contributed by atoms with Crippen LogP contribution in [0.1, 0.15) is 18.1 Å². The van der Waals surface area contributed by atoms with Gasteiger partial charge in [0.05, 0.1) is 18.0 Å². The van der Waals surface area contributed by atoms with Gasteiger partial charge in [0.1, 0.15) is 17.3 Å². The smallest absolute Gasteiger partial charge is 0.165 e. The Morgan fingerprint density at radius 3 is 2.52 bits per heavy atom. The van der Waals surface area contributed by atoms with Crippen LogP contribution in [0.2, 0.25) is 5.02 Å². The van der Waals surface area contributed by atoms with E-state index in [4.69, 9.17) is 31.1 Å². The lowest BCUT2D eigenvalue weighted by atomic mass is 10.00. The average molecular weight is 462 g/mol. The van der Waals surface area contributed by atoms with Crippen LogP contribution >= 0.6 is 23.4 Å². The Balaban J connectivity index is 2.29. The van der Waals surface area contributed by atoms with Gasteiger partial charge in [-0.1, -0.05) is 29.8 Å². The number of rotatable bonds is 6. The number of nitrogens with zero attached hydrogens (tertiary/aromatic N) is 3. The lowest BCUT2D eigenvalue weighted by molar-refractivity contribution is 0.144. The summed E-state index contributed by atoms with van der Waals surface area (Å²) in [7, 11) is 5.47. The fourth-order valence-corrected chi connectivity index (χ4v) is 3.80. The first-order valence-electron chi connectivity index (χ1n) is 9.67. The number of methoxy groups -OCH3 is 1. The van der Waals surface area contributed by atoms with Crippen molar-refractivity contribution in [1.29, 1.82) is 0 Å². The summed E-state index contributed by atoms with van der Waals surface area (Å²) >= 11 is 7.99. The summed E-state index contributed by atoms with van der Waals surface area (Å²) in [5.41, 5.74) is 4.04. The van der Waals surface area contributed by atoms with Crippen LogP contribution in [-0.2, 0) is 4.74 Å². The summed E-state index contributed by atoms with van der Waals surface area (Å²) in [5.74, 6) is -0.373. The second-order valence-electron chi connectivity index (χ2n) is 7.03. The van der Waals surface area contributed by atoms with Gasteiger partial charge in [0.25, 0.3) is 0 Å². The van der Waals surface area contributed by atoms with Gasteiger partial charge in [-0.3, -0.25) is 0 Å². The minimum atomic E-state index is -0.493. The molecule has 0 spiro atoms. The maximum absolute atomic E-state index is 15.0. The summed E-state index contributed by atoms with van der Waals surface area (Å²) in [5, 5.41) is 1.26. The molecule has 0 N–H and O–H groups in total. The Morgan fingerprint density at radius 1 is 1.13 bits per heavy atom. The lowest BCUT2D eigenvalue weighted by Gasteiger charge is -2.17. The van der Waals surface area contributed by atoms with Gasteiger partial charge in [0.2, 0.25) is 0 Å². The van der Waals surface area contributed by atoms with Crippen LogP contribution in [-0.4, -0.2) is 56.3 Å². The quantitative estimate of drug-likeness (QED) is 0.530. The molecule has 5 nitrogen and oxygen atoms in total. The number of allylic oxidation sites excluding steroid dienone is 1. The van der Waals surface area contributed by atoms with E-state index in [0.29, 0.717) is 39.9 Å². The molecule has 0 amide bonds. The molecule has 164 valence electrons. The number of hydrogen-bond acceptors (Lipinski definition) is 6. The van der Waals surface area contributed by atoms with Crippen LogP contribution in [0.25, 0.3) is 0 Å². The number of halogens is 2. The van der Waals surface area contributed by atoms with Gasteiger partial charge < -0.3 is 14.4 Å². The Morgan fingerprint density at radius 2 is 1.87 bits per heavy atom. The maximum atomic E-state index is 15.0. The largest absolute Gasteiger partial charge is 0.488 e. The molecule has 0 bridgehead atoms. The SMILES string of the molecule is COCCOc1cc2c(cc1F)C(c1ccccc1Cl)=N/C(=C(/C)N(C)C)C(SC)=N2. The number of thioether (sulfide) groups is 1. The van der Waals surface area contributed by atoms with Crippen molar-refractivity contribution in [1.82, 2.24) is 4.90 Å². The van der Waals surface area contributed by atoms with Crippen LogP contribution in [0.5, 0.6) is 5.75 Å². The summed E-state index contributed by atoms with van der Waals surface area (Å²) < 4.78 is 25.5. The van der Waals surface area contributed by atoms with Gasteiger partial charge >= 0.3 is 0 Å². The Kier molecular flexibility index (Phi) is 7.75. The molecule has 0 fully saturated rings. The van der Waals surface area contributed by atoms with E-state index in [9.17, 15) is 4.39 Å². The van der Waals surface area contributed by atoms with E-state index in [1.165, 1.54) is 17.8 Å². The molecule has 0 saturated heterocycles. The third kappa shape index (κ3) is 5.11. The van der Waals surface area contributed by atoms with Gasteiger partial charge in [-0.2, -0.15) is 0 Å². The van der Waals surface area contributed by atoms with Crippen LogP contribution in [0, 0.1) is 5.82 Å². The number of fused-ring (bicyclic) bond motifs is 1. The first kappa shape index (κ1) is 23.3. The zero-order chi connectivity index (χ0) is 22.5. The van der Waals surface area contributed by atoms with Crippen molar-refractivity contribution < 1.29 is 13.9 Å². The Hall–Kier alpha value is -2.35. The van der Waals surface area contributed by atoms with E-state index >= 15 is 0 Å². The highest BCUT2D eigenvalue weighted by molar-refractivity contribution is 8.13. The highest BCUT2D eigenvalue weighted by Gasteiger charge is 2.24. The van der Waals surface area contributed by atoms with E-state index in [-0.39, 0.29) is 12.4 Å². The molecule has 1 aliphatic rings. The molecule has 0 unspecified atom stereocenters. The zero-order valence-electron chi connectivity index (χ0n) is 18.2. The first-order chi connectivity index (χ1) is 14.9. The van der Waals surface area contributed by atoms with Crippen molar-refractivity contribution in [3.63, 3.8) is 0 Å². The molecule has 3 rings (SSSR count). The minimum Gasteiger partial charge on any atom is -0.488 e. The van der Waals surface area contributed by atoms with Gasteiger partial charge in [0.15, 0.2) is 11.6 Å². The third-order valence-corrected chi connectivity index (χ3v) is 5.84. The average Bonchev–Trinajstić information content (AvgIpc) is 2.90. The molecule has 0 saturated carbocycles. The summed E-state index contributed by atoms with van der Waals surface area (Å²) in [6.45, 7) is 2.57. The maximum Gasteiger partial charge on any atom is 0.165 e. The second kappa shape index (κ2) is 10.3. The normalized spacial score (nSPS) is 14.9. The Labute approximate surface area is 191 Å². The molecule has 1 heterocycles. The highest BCUT2D eigenvalue weighted by atomic mass is 35.5. The van der Waals surface area contributed by atoms with Crippen molar-refractivity contribution in [2.45, 2.75) is 6.92 Å². The van der Waals surface area contributed by atoms with E-state index in [2.05, 4.69) is 0 Å². The first-order valence-corrected chi connectivity index (χ1v) is 11.3. The number of hydrogen-bond donors (Lipinski definition) is 0. The monoisotopic (exact) mass is 461 g/mol.